The SMILES string of the molecule is Cc1ccc(C2(C(=O)N3CCCC3)CC2)cc1NC(=O)Cc1cc(C(=N)N)ccc1O. The molecular formula is C24H28N4O3. The molecule has 7 nitrogen and oxygen atoms in total. The van der Waals surface area contributed by atoms with Gasteiger partial charge in [0.1, 0.15) is 11.6 Å². The first-order valence-electron chi connectivity index (χ1n) is 10.7. The third-order valence-electron chi connectivity index (χ3n) is 6.36. The van der Waals surface area contributed by atoms with Crippen LogP contribution in [0.15, 0.2) is 36.4 Å². The fourth-order valence-electron chi connectivity index (χ4n) is 4.29. The molecular weight excluding hydrogens is 392 g/mol. The Kier molecular flexibility index (Phi) is 5.43. The number of hydrogen-bond acceptors (Lipinski definition) is 4. The summed E-state index contributed by atoms with van der Waals surface area (Å²) in [6, 6.07) is 10.4. The Morgan fingerprint density at radius 3 is 2.52 bits per heavy atom. The summed E-state index contributed by atoms with van der Waals surface area (Å²) in [4.78, 5) is 27.8. The zero-order chi connectivity index (χ0) is 22.2. The van der Waals surface area contributed by atoms with E-state index >= 15 is 0 Å². The molecule has 2 amide bonds. The Morgan fingerprint density at radius 1 is 1.16 bits per heavy atom. The highest BCUT2D eigenvalue weighted by Gasteiger charge is 2.53. The van der Waals surface area contributed by atoms with Crippen molar-refractivity contribution in [3.63, 3.8) is 0 Å². The smallest absolute Gasteiger partial charge is 0.233 e. The molecule has 1 aliphatic heterocycles. The van der Waals surface area contributed by atoms with E-state index < -0.39 is 5.41 Å². The highest BCUT2D eigenvalue weighted by atomic mass is 16.3. The number of nitrogen functional groups attached to an aromatic ring is 1. The Balaban J connectivity index is 1.52. The summed E-state index contributed by atoms with van der Waals surface area (Å²) < 4.78 is 0. The van der Waals surface area contributed by atoms with Gasteiger partial charge in [-0.15, -0.1) is 0 Å². The van der Waals surface area contributed by atoms with Crippen LogP contribution in [0.1, 0.15) is 47.9 Å². The van der Waals surface area contributed by atoms with Crippen LogP contribution in [0.4, 0.5) is 5.69 Å². The molecule has 1 saturated carbocycles. The van der Waals surface area contributed by atoms with Crippen LogP contribution in [-0.4, -0.2) is 40.7 Å². The van der Waals surface area contributed by atoms with Gasteiger partial charge in [0.25, 0.3) is 0 Å². The zero-order valence-corrected chi connectivity index (χ0v) is 17.7. The number of anilines is 1. The summed E-state index contributed by atoms with van der Waals surface area (Å²) in [6.45, 7) is 3.58. The summed E-state index contributed by atoms with van der Waals surface area (Å²) in [5, 5.41) is 20.5. The molecule has 2 fully saturated rings. The number of hydrogen-bond donors (Lipinski definition) is 4. The lowest BCUT2D eigenvalue weighted by molar-refractivity contribution is -0.132. The van der Waals surface area contributed by atoms with Crippen molar-refractivity contribution < 1.29 is 14.7 Å². The van der Waals surface area contributed by atoms with Gasteiger partial charge < -0.3 is 21.1 Å². The summed E-state index contributed by atoms with van der Waals surface area (Å²) >= 11 is 0. The number of aryl methyl sites for hydroxylation is 1. The Hall–Kier alpha value is -3.35. The Bertz CT molecular complexity index is 1050. The lowest BCUT2D eigenvalue weighted by Crippen LogP contribution is -2.37. The third-order valence-corrected chi connectivity index (χ3v) is 6.36. The summed E-state index contributed by atoms with van der Waals surface area (Å²) in [5.41, 5.74) is 8.44. The van der Waals surface area contributed by atoms with Crippen LogP contribution in [0.25, 0.3) is 0 Å². The van der Waals surface area contributed by atoms with Crippen molar-refractivity contribution in [2.45, 2.75) is 44.4 Å². The summed E-state index contributed by atoms with van der Waals surface area (Å²) in [7, 11) is 0. The van der Waals surface area contributed by atoms with Gasteiger partial charge in [0.05, 0.1) is 11.8 Å². The molecule has 0 atom stereocenters. The predicted octanol–water partition coefficient (Wildman–Crippen LogP) is 2.82. The number of likely N-dealkylation sites (tertiary alicyclic amines) is 1. The number of phenols is 1. The molecule has 1 heterocycles. The van der Waals surface area contributed by atoms with Crippen LogP contribution in [0.2, 0.25) is 0 Å². The van der Waals surface area contributed by atoms with E-state index in [0.717, 1.165) is 49.9 Å². The van der Waals surface area contributed by atoms with Crippen LogP contribution < -0.4 is 11.1 Å². The van der Waals surface area contributed by atoms with Crippen molar-refractivity contribution >= 4 is 23.3 Å². The first-order valence-corrected chi connectivity index (χ1v) is 10.7. The van der Waals surface area contributed by atoms with E-state index in [4.69, 9.17) is 11.1 Å². The molecule has 7 heteroatoms. The molecule has 4 rings (SSSR count). The number of carbonyl (C=O) groups excluding carboxylic acids is 2. The van der Waals surface area contributed by atoms with Crippen molar-refractivity contribution in [2.24, 2.45) is 5.73 Å². The number of nitrogens with two attached hydrogens (primary N) is 1. The maximum atomic E-state index is 13.1. The molecule has 0 spiro atoms. The van der Waals surface area contributed by atoms with E-state index in [0.29, 0.717) is 16.8 Å². The van der Waals surface area contributed by atoms with E-state index in [-0.39, 0.29) is 29.8 Å². The summed E-state index contributed by atoms with van der Waals surface area (Å²) in [6.07, 6.45) is 3.76. The number of carbonyl (C=O) groups is 2. The molecule has 2 aliphatic rings. The first-order chi connectivity index (χ1) is 14.8. The lowest BCUT2D eigenvalue weighted by Gasteiger charge is -2.24. The van der Waals surface area contributed by atoms with E-state index in [1.807, 2.05) is 30.0 Å². The molecule has 31 heavy (non-hydrogen) atoms. The van der Waals surface area contributed by atoms with Crippen molar-refractivity contribution in [1.29, 1.82) is 5.41 Å². The topological polar surface area (TPSA) is 120 Å². The van der Waals surface area contributed by atoms with Gasteiger partial charge in [-0.2, -0.15) is 0 Å². The highest BCUT2D eigenvalue weighted by Crippen LogP contribution is 2.50. The van der Waals surface area contributed by atoms with Crippen molar-refractivity contribution in [3.05, 3.63) is 58.7 Å². The molecule has 5 N–H and O–H groups in total. The minimum absolute atomic E-state index is 0.0150. The molecule has 162 valence electrons. The van der Waals surface area contributed by atoms with Gasteiger partial charge in [-0.25, -0.2) is 0 Å². The minimum Gasteiger partial charge on any atom is -0.508 e. The fourth-order valence-corrected chi connectivity index (χ4v) is 4.29. The predicted molar refractivity (Wildman–Crippen MR) is 119 cm³/mol. The maximum Gasteiger partial charge on any atom is 0.233 e. The Morgan fingerprint density at radius 2 is 1.87 bits per heavy atom. The van der Waals surface area contributed by atoms with E-state index in [2.05, 4.69) is 5.32 Å². The fraction of sp³-hybridized carbons (Fsp3) is 0.375. The van der Waals surface area contributed by atoms with Gasteiger partial charge in [-0.1, -0.05) is 12.1 Å². The zero-order valence-electron chi connectivity index (χ0n) is 17.7. The van der Waals surface area contributed by atoms with Gasteiger partial charge in [-0.3, -0.25) is 15.0 Å². The number of rotatable bonds is 6. The molecule has 0 radical (unpaired) electrons. The second-order valence-electron chi connectivity index (χ2n) is 8.59. The first kappa shape index (κ1) is 20.9. The number of amidine groups is 1. The lowest BCUT2D eigenvalue weighted by atomic mass is 9.92. The van der Waals surface area contributed by atoms with Gasteiger partial charge in [0.2, 0.25) is 11.8 Å². The van der Waals surface area contributed by atoms with Crippen LogP contribution in [0.3, 0.4) is 0 Å². The van der Waals surface area contributed by atoms with Crippen molar-refractivity contribution in [2.75, 3.05) is 18.4 Å². The molecule has 1 aliphatic carbocycles. The second-order valence-corrected chi connectivity index (χ2v) is 8.59. The summed E-state index contributed by atoms with van der Waals surface area (Å²) in [5.74, 6) is -0.217. The van der Waals surface area contributed by atoms with Gasteiger partial charge >= 0.3 is 0 Å². The van der Waals surface area contributed by atoms with Gasteiger partial charge in [0, 0.05) is 29.9 Å². The molecule has 0 bridgehead atoms. The quantitative estimate of drug-likeness (QED) is 0.424. The van der Waals surface area contributed by atoms with Gasteiger partial charge in [0.15, 0.2) is 0 Å². The number of benzene rings is 2. The second kappa shape index (κ2) is 8.06. The van der Waals surface area contributed by atoms with E-state index in [1.54, 1.807) is 12.1 Å². The molecule has 0 aromatic heterocycles. The molecule has 0 unspecified atom stereocenters. The number of aromatic hydroxyl groups is 1. The average Bonchev–Trinajstić information content (AvgIpc) is 3.36. The van der Waals surface area contributed by atoms with Gasteiger partial charge in [-0.05, 0) is 68.0 Å². The van der Waals surface area contributed by atoms with Crippen molar-refractivity contribution in [1.82, 2.24) is 4.90 Å². The normalized spacial score (nSPS) is 16.7. The highest BCUT2D eigenvalue weighted by molar-refractivity contribution is 5.97. The Labute approximate surface area is 181 Å². The largest absolute Gasteiger partial charge is 0.508 e. The monoisotopic (exact) mass is 420 g/mol. The third kappa shape index (κ3) is 4.13. The number of phenolic OH excluding ortho intramolecular Hbond substituents is 1. The maximum absolute atomic E-state index is 13.1. The number of nitrogens with one attached hydrogen (secondary N) is 2. The standard InChI is InChI=1S/C24H28N4O3/c1-15-4-6-18(24(8-9-24)23(31)28-10-2-3-11-28)14-19(15)27-21(30)13-17-12-16(22(25)26)5-7-20(17)29/h4-7,12,14,29H,2-3,8-11,13H2,1H3,(H3,25,26)(H,27,30). The minimum atomic E-state index is -0.453. The van der Waals surface area contributed by atoms with Crippen LogP contribution in [0.5, 0.6) is 5.75 Å². The van der Waals surface area contributed by atoms with E-state index in [9.17, 15) is 14.7 Å². The number of nitrogens with zero attached hydrogens (tertiary/aromatic N) is 1. The molecule has 2 aromatic carbocycles. The van der Waals surface area contributed by atoms with Crippen molar-refractivity contribution in [3.8, 4) is 5.75 Å². The number of amides is 2. The van der Waals surface area contributed by atoms with Crippen LogP contribution in [-0.2, 0) is 21.4 Å². The average molecular weight is 421 g/mol. The molecule has 2 aromatic rings. The molecule has 1 saturated heterocycles. The van der Waals surface area contributed by atoms with E-state index in [1.165, 1.54) is 6.07 Å². The van der Waals surface area contributed by atoms with Crippen LogP contribution in [0, 0.1) is 12.3 Å². The van der Waals surface area contributed by atoms with Crippen LogP contribution >= 0.6 is 0 Å².